The van der Waals surface area contributed by atoms with Crippen LogP contribution in [0.3, 0.4) is 0 Å². The Morgan fingerprint density at radius 2 is 2.00 bits per heavy atom. The lowest BCUT2D eigenvalue weighted by atomic mass is 9.66. The molecule has 15 heavy (non-hydrogen) atoms. The van der Waals surface area contributed by atoms with Crippen molar-refractivity contribution in [1.29, 1.82) is 0 Å². The van der Waals surface area contributed by atoms with Crippen LogP contribution in [0.25, 0.3) is 0 Å². The average molecular weight is 206 g/mol. The molecule has 2 aliphatic carbocycles. The first-order valence-electron chi connectivity index (χ1n) is 6.88. The second kappa shape index (κ2) is 4.31. The second-order valence-electron chi connectivity index (χ2n) is 6.00. The highest BCUT2D eigenvalue weighted by atomic mass is 14.5. The summed E-state index contributed by atoms with van der Waals surface area (Å²) in [6, 6.07) is 0. The lowest BCUT2D eigenvalue weighted by Crippen LogP contribution is -2.29. The van der Waals surface area contributed by atoms with Crippen molar-refractivity contribution in [3.8, 4) is 0 Å². The standard InChI is InChI=1S/C15H26/c1-4-6-9-15(3,5-2)14-11-12-7-8-13(14)10-12/h7-8,12-14H,4-6,9-11H2,1-3H3. The predicted octanol–water partition coefficient (Wildman–Crippen LogP) is 4.81. The van der Waals surface area contributed by atoms with Gasteiger partial charge >= 0.3 is 0 Å². The van der Waals surface area contributed by atoms with Crippen molar-refractivity contribution in [1.82, 2.24) is 0 Å². The third kappa shape index (κ3) is 2.00. The quantitative estimate of drug-likeness (QED) is 0.566. The first-order chi connectivity index (χ1) is 7.19. The Kier molecular flexibility index (Phi) is 3.23. The molecule has 0 amide bonds. The summed E-state index contributed by atoms with van der Waals surface area (Å²) >= 11 is 0. The van der Waals surface area contributed by atoms with Gasteiger partial charge in [-0.1, -0.05) is 52.2 Å². The van der Waals surface area contributed by atoms with Crippen molar-refractivity contribution in [3.63, 3.8) is 0 Å². The molecule has 0 saturated heterocycles. The van der Waals surface area contributed by atoms with E-state index >= 15 is 0 Å². The number of hydrogen-bond donors (Lipinski definition) is 0. The van der Waals surface area contributed by atoms with E-state index < -0.39 is 0 Å². The van der Waals surface area contributed by atoms with Gasteiger partial charge < -0.3 is 0 Å². The van der Waals surface area contributed by atoms with Crippen LogP contribution in [-0.4, -0.2) is 0 Å². The smallest absolute Gasteiger partial charge is 0.0194 e. The minimum absolute atomic E-state index is 0.625. The molecular weight excluding hydrogens is 180 g/mol. The van der Waals surface area contributed by atoms with E-state index in [9.17, 15) is 0 Å². The number of fused-ring (bicyclic) bond motifs is 2. The van der Waals surface area contributed by atoms with Crippen LogP contribution >= 0.6 is 0 Å². The Labute approximate surface area is 95.1 Å². The first-order valence-corrected chi connectivity index (χ1v) is 6.88. The summed E-state index contributed by atoms with van der Waals surface area (Å²) in [6.07, 6.45) is 13.5. The summed E-state index contributed by atoms with van der Waals surface area (Å²) in [4.78, 5) is 0. The highest BCUT2D eigenvalue weighted by Crippen LogP contribution is 2.54. The van der Waals surface area contributed by atoms with Crippen LogP contribution in [0, 0.1) is 23.2 Å². The molecule has 0 radical (unpaired) electrons. The van der Waals surface area contributed by atoms with Gasteiger partial charge in [0.15, 0.2) is 0 Å². The molecule has 0 heterocycles. The number of allylic oxidation sites excluding steroid dienone is 2. The van der Waals surface area contributed by atoms with Gasteiger partial charge in [0.05, 0.1) is 0 Å². The van der Waals surface area contributed by atoms with Crippen LogP contribution in [-0.2, 0) is 0 Å². The molecule has 0 nitrogen and oxygen atoms in total. The molecule has 0 spiro atoms. The van der Waals surface area contributed by atoms with Gasteiger partial charge in [-0.3, -0.25) is 0 Å². The largest absolute Gasteiger partial charge is 0.0851 e. The summed E-state index contributed by atoms with van der Waals surface area (Å²) in [5, 5.41) is 0. The van der Waals surface area contributed by atoms with E-state index in [1.54, 1.807) is 0 Å². The SMILES string of the molecule is CCCCC(C)(CC)C1CC2C=CC1C2. The Bertz CT molecular complexity index is 240. The minimum atomic E-state index is 0.625. The third-order valence-corrected chi connectivity index (χ3v) is 5.08. The predicted molar refractivity (Wildman–Crippen MR) is 66.8 cm³/mol. The maximum atomic E-state index is 2.54. The Balaban J connectivity index is 2.03. The lowest BCUT2D eigenvalue weighted by Gasteiger charge is -2.38. The van der Waals surface area contributed by atoms with Gasteiger partial charge in [-0.25, -0.2) is 0 Å². The van der Waals surface area contributed by atoms with Crippen LogP contribution in [0.2, 0.25) is 0 Å². The molecule has 0 aliphatic heterocycles. The van der Waals surface area contributed by atoms with Gasteiger partial charge in [-0.2, -0.15) is 0 Å². The molecule has 0 N–H and O–H groups in total. The van der Waals surface area contributed by atoms with Crippen molar-refractivity contribution < 1.29 is 0 Å². The monoisotopic (exact) mass is 206 g/mol. The Morgan fingerprint density at radius 3 is 2.47 bits per heavy atom. The molecule has 86 valence electrons. The highest BCUT2D eigenvalue weighted by molar-refractivity contribution is 5.12. The van der Waals surface area contributed by atoms with Crippen molar-refractivity contribution in [2.75, 3.05) is 0 Å². The molecule has 2 aliphatic rings. The van der Waals surface area contributed by atoms with Crippen LogP contribution in [0.5, 0.6) is 0 Å². The van der Waals surface area contributed by atoms with Crippen LogP contribution in [0.15, 0.2) is 12.2 Å². The van der Waals surface area contributed by atoms with Gasteiger partial charge in [0.25, 0.3) is 0 Å². The summed E-state index contributed by atoms with van der Waals surface area (Å²) in [6.45, 7) is 7.25. The fourth-order valence-electron chi connectivity index (χ4n) is 3.79. The molecule has 1 saturated carbocycles. The summed E-state index contributed by atoms with van der Waals surface area (Å²) < 4.78 is 0. The number of hydrogen-bond acceptors (Lipinski definition) is 0. The normalized spacial score (nSPS) is 37.1. The van der Waals surface area contributed by atoms with E-state index in [4.69, 9.17) is 0 Å². The van der Waals surface area contributed by atoms with Gasteiger partial charge in [0, 0.05) is 0 Å². The average Bonchev–Trinajstić information content (AvgIpc) is 2.87. The topological polar surface area (TPSA) is 0 Å². The Morgan fingerprint density at radius 1 is 1.20 bits per heavy atom. The summed E-state index contributed by atoms with van der Waals surface area (Å²) in [5.41, 5.74) is 0.625. The molecule has 4 atom stereocenters. The minimum Gasteiger partial charge on any atom is -0.0851 e. The maximum Gasteiger partial charge on any atom is -0.0194 e. The zero-order chi connectivity index (χ0) is 10.9. The molecule has 4 unspecified atom stereocenters. The van der Waals surface area contributed by atoms with E-state index in [1.165, 1.54) is 38.5 Å². The van der Waals surface area contributed by atoms with Crippen molar-refractivity contribution in [3.05, 3.63) is 12.2 Å². The Hall–Kier alpha value is -0.260. The zero-order valence-corrected chi connectivity index (χ0v) is 10.6. The van der Waals surface area contributed by atoms with Crippen molar-refractivity contribution in [2.24, 2.45) is 23.2 Å². The molecule has 2 bridgehead atoms. The van der Waals surface area contributed by atoms with Crippen LogP contribution in [0.1, 0.15) is 59.3 Å². The summed E-state index contributed by atoms with van der Waals surface area (Å²) in [5.74, 6) is 2.85. The fourth-order valence-corrected chi connectivity index (χ4v) is 3.79. The lowest BCUT2D eigenvalue weighted by molar-refractivity contribution is 0.131. The fraction of sp³-hybridized carbons (Fsp3) is 0.867. The molecule has 2 rings (SSSR count). The van der Waals surface area contributed by atoms with E-state index in [-0.39, 0.29) is 0 Å². The summed E-state index contributed by atoms with van der Waals surface area (Å²) in [7, 11) is 0. The molecule has 0 aromatic heterocycles. The second-order valence-corrected chi connectivity index (χ2v) is 6.00. The molecule has 0 heteroatoms. The maximum absolute atomic E-state index is 2.54. The molecule has 0 aromatic carbocycles. The zero-order valence-electron chi connectivity index (χ0n) is 10.6. The van der Waals surface area contributed by atoms with Gasteiger partial charge in [-0.05, 0) is 42.4 Å². The number of unbranched alkanes of at least 4 members (excludes halogenated alkanes) is 1. The molecule has 0 aromatic rings. The van der Waals surface area contributed by atoms with Crippen molar-refractivity contribution in [2.45, 2.75) is 59.3 Å². The van der Waals surface area contributed by atoms with E-state index in [1.807, 2.05) is 0 Å². The number of rotatable bonds is 5. The van der Waals surface area contributed by atoms with Crippen LogP contribution < -0.4 is 0 Å². The van der Waals surface area contributed by atoms with Gasteiger partial charge in [-0.15, -0.1) is 0 Å². The van der Waals surface area contributed by atoms with Gasteiger partial charge in [0.2, 0.25) is 0 Å². The van der Waals surface area contributed by atoms with E-state index in [2.05, 4.69) is 32.9 Å². The first kappa shape index (κ1) is 11.2. The van der Waals surface area contributed by atoms with Crippen LogP contribution in [0.4, 0.5) is 0 Å². The van der Waals surface area contributed by atoms with Crippen molar-refractivity contribution >= 4 is 0 Å². The third-order valence-electron chi connectivity index (χ3n) is 5.08. The molecular formula is C15H26. The van der Waals surface area contributed by atoms with Gasteiger partial charge in [0.1, 0.15) is 0 Å². The highest BCUT2D eigenvalue weighted by Gasteiger charge is 2.44. The molecule has 1 fully saturated rings. The van der Waals surface area contributed by atoms with E-state index in [0.29, 0.717) is 5.41 Å². The van der Waals surface area contributed by atoms with E-state index in [0.717, 1.165) is 17.8 Å².